The van der Waals surface area contributed by atoms with Crippen molar-refractivity contribution >= 4 is 11.6 Å². The Morgan fingerprint density at radius 1 is 1.31 bits per heavy atom. The summed E-state index contributed by atoms with van der Waals surface area (Å²) in [6.45, 7) is 2.79. The highest BCUT2D eigenvalue weighted by molar-refractivity contribution is 6.25. The van der Waals surface area contributed by atoms with E-state index in [1.165, 1.54) is 18.4 Å². The number of aliphatic hydroxyl groups is 1. The van der Waals surface area contributed by atoms with Crippen LogP contribution in [0.1, 0.15) is 13.8 Å². The first-order valence-corrected chi connectivity index (χ1v) is 4.76. The van der Waals surface area contributed by atoms with Crippen molar-refractivity contribution in [2.75, 3.05) is 0 Å². The summed E-state index contributed by atoms with van der Waals surface area (Å²) in [5, 5.41) is 19.9. The average molecular weight is 221 g/mol. The third-order valence-corrected chi connectivity index (χ3v) is 2.74. The fourth-order valence-electron chi connectivity index (χ4n) is 1.63. The molecule has 2 aliphatic rings. The molecule has 5 nitrogen and oxygen atoms in total. The van der Waals surface area contributed by atoms with E-state index < -0.39 is 17.2 Å². The second-order valence-corrected chi connectivity index (χ2v) is 4.04. The lowest BCUT2D eigenvalue weighted by Gasteiger charge is -2.29. The zero-order valence-electron chi connectivity index (χ0n) is 8.89. The van der Waals surface area contributed by atoms with Gasteiger partial charge in [-0.05, 0) is 31.6 Å². The highest BCUT2D eigenvalue weighted by Gasteiger charge is 2.44. The summed E-state index contributed by atoms with van der Waals surface area (Å²) in [4.78, 5) is 23.3. The number of Topliss-reactive ketones (excluding diaryl/α,β-unsaturated/α-hetero) is 1. The molecule has 1 atom stereocenters. The van der Waals surface area contributed by atoms with Gasteiger partial charge in [-0.1, -0.05) is 0 Å². The molecule has 84 valence electrons. The molecule has 5 heteroatoms. The Balaban J connectivity index is 2.59. The van der Waals surface area contributed by atoms with Crippen LogP contribution in [0.3, 0.4) is 0 Å². The second-order valence-electron chi connectivity index (χ2n) is 4.04. The van der Waals surface area contributed by atoms with Crippen LogP contribution in [0.25, 0.3) is 0 Å². The highest BCUT2D eigenvalue weighted by atomic mass is 16.5. The van der Waals surface area contributed by atoms with Crippen molar-refractivity contribution in [2.24, 2.45) is 0 Å². The minimum absolute atomic E-state index is 0.137. The molecular formula is C11H11NO4. The summed E-state index contributed by atoms with van der Waals surface area (Å²) in [7, 11) is 0. The monoisotopic (exact) mass is 221 g/mol. The number of carbonyl (C=O) groups excluding carboxylic acids is 2. The van der Waals surface area contributed by atoms with Gasteiger partial charge in [0.05, 0.1) is 0 Å². The minimum Gasteiger partial charge on any atom is -0.374 e. The van der Waals surface area contributed by atoms with E-state index in [1.54, 1.807) is 6.92 Å². The highest BCUT2D eigenvalue weighted by Crippen LogP contribution is 2.31. The molecule has 0 bridgehead atoms. The summed E-state index contributed by atoms with van der Waals surface area (Å²) in [5.41, 5.74) is -0.978. The lowest BCUT2D eigenvalue weighted by Crippen LogP contribution is -2.47. The summed E-state index contributed by atoms with van der Waals surface area (Å²) in [5.74, 6) is -1.34. The van der Waals surface area contributed by atoms with Gasteiger partial charge in [0.1, 0.15) is 0 Å². The first-order chi connectivity index (χ1) is 7.34. The molecule has 0 spiro atoms. The van der Waals surface area contributed by atoms with E-state index in [4.69, 9.17) is 0 Å². The van der Waals surface area contributed by atoms with Gasteiger partial charge >= 0.3 is 0 Å². The Hall–Kier alpha value is -1.72. The van der Waals surface area contributed by atoms with Crippen molar-refractivity contribution < 1.29 is 19.9 Å². The number of allylic oxidation sites excluding steroid dienone is 3. The number of hydrogen-bond donors (Lipinski definition) is 2. The molecule has 1 aliphatic heterocycles. The molecule has 16 heavy (non-hydrogen) atoms. The van der Waals surface area contributed by atoms with E-state index in [-0.39, 0.29) is 5.57 Å². The Kier molecular flexibility index (Phi) is 2.11. The SMILES string of the molecule is CC1=CC2=CC(=O)C(C)(O)C(=O)C2=CN1O. The lowest BCUT2D eigenvalue weighted by molar-refractivity contribution is -0.144. The van der Waals surface area contributed by atoms with Crippen LogP contribution in [0.2, 0.25) is 0 Å². The Morgan fingerprint density at radius 2 is 1.94 bits per heavy atom. The third-order valence-electron chi connectivity index (χ3n) is 2.74. The van der Waals surface area contributed by atoms with Gasteiger partial charge in [-0.15, -0.1) is 0 Å². The normalized spacial score (nSPS) is 29.5. The van der Waals surface area contributed by atoms with Gasteiger partial charge in [0.15, 0.2) is 11.4 Å². The lowest BCUT2D eigenvalue weighted by atomic mass is 9.80. The molecular weight excluding hydrogens is 210 g/mol. The van der Waals surface area contributed by atoms with Crippen LogP contribution in [0.5, 0.6) is 0 Å². The first kappa shape index (κ1) is 10.8. The molecule has 0 radical (unpaired) electrons. The van der Waals surface area contributed by atoms with Crippen LogP contribution in [0.15, 0.2) is 35.2 Å². The Labute approximate surface area is 91.9 Å². The quantitative estimate of drug-likeness (QED) is 0.575. The van der Waals surface area contributed by atoms with Gasteiger partial charge in [0.25, 0.3) is 0 Å². The van der Waals surface area contributed by atoms with E-state index in [9.17, 15) is 19.9 Å². The van der Waals surface area contributed by atoms with Gasteiger partial charge in [-0.2, -0.15) is 0 Å². The minimum atomic E-state index is -2.03. The predicted octanol–water partition coefficient (Wildman–Crippen LogP) is 0.308. The van der Waals surface area contributed by atoms with Crippen LogP contribution in [0.4, 0.5) is 0 Å². The van der Waals surface area contributed by atoms with Crippen LogP contribution in [-0.2, 0) is 9.59 Å². The molecule has 0 aromatic heterocycles. The fourth-order valence-corrected chi connectivity index (χ4v) is 1.63. The Bertz CT molecular complexity index is 482. The number of ketones is 2. The van der Waals surface area contributed by atoms with Crippen molar-refractivity contribution in [3.63, 3.8) is 0 Å². The maximum atomic E-state index is 11.8. The van der Waals surface area contributed by atoms with Crippen molar-refractivity contribution in [1.29, 1.82) is 0 Å². The van der Waals surface area contributed by atoms with Gasteiger partial charge in [0.2, 0.25) is 5.78 Å². The molecule has 0 aromatic rings. The summed E-state index contributed by atoms with van der Waals surface area (Å²) in [6.07, 6.45) is 3.93. The van der Waals surface area contributed by atoms with Crippen molar-refractivity contribution in [3.8, 4) is 0 Å². The van der Waals surface area contributed by atoms with Gasteiger partial charge in [0, 0.05) is 17.5 Å². The van der Waals surface area contributed by atoms with Crippen molar-refractivity contribution in [2.45, 2.75) is 19.4 Å². The first-order valence-electron chi connectivity index (χ1n) is 4.76. The molecule has 2 rings (SSSR count). The number of hydroxylamine groups is 2. The standard InChI is InChI=1S/C11H11NO4/c1-6-3-7-4-9(13)11(2,15)10(14)8(7)5-12(6)16/h3-5,15-16H,1-2H3. The van der Waals surface area contributed by atoms with Crippen LogP contribution < -0.4 is 0 Å². The number of nitrogens with zero attached hydrogens (tertiary/aromatic N) is 1. The molecule has 1 unspecified atom stereocenters. The number of fused-ring (bicyclic) bond motifs is 1. The van der Waals surface area contributed by atoms with E-state index >= 15 is 0 Å². The van der Waals surface area contributed by atoms with Crippen LogP contribution >= 0.6 is 0 Å². The van der Waals surface area contributed by atoms with Crippen LogP contribution in [-0.4, -0.2) is 32.5 Å². The number of rotatable bonds is 0. The molecule has 2 N–H and O–H groups in total. The second kappa shape index (κ2) is 3.13. The zero-order valence-corrected chi connectivity index (χ0v) is 8.89. The van der Waals surface area contributed by atoms with E-state index in [1.807, 2.05) is 0 Å². The van der Waals surface area contributed by atoms with Gasteiger partial charge in [-0.3, -0.25) is 14.8 Å². The summed E-state index contributed by atoms with van der Waals surface area (Å²) < 4.78 is 0. The number of carbonyl (C=O) groups is 2. The molecule has 0 saturated heterocycles. The molecule has 0 aromatic carbocycles. The van der Waals surface area contributed by atoms with Crippen molar-refractivity contribution in [1.82, 2.24) is 5.06 Å². The predicted molar refractivity (Wildman–Crippen MR) is 54.2 cm³/mol. The van der Waals surface area contributed by atoms with Crippen molar-refractivity contribution in [3.05, 3.63) is 35.2 Å². The molecule has 0 fully saturated rings. The summed E-state index contributed by atoms with van der Waals surface area (Å²) >= 11 is 0. The van der Waals surface area contributed by atoms with E-state index in [0.29, 0.717) is 11.3 Å². The maximum Gasteiger partial charge on any atom is 0.204 e. The maximum absolute atomic E-state index is 11.8. The van der Waals surface area contributed by atoms with Gasteiger partial charge in [-0.25, -0.2) is 5.06 Å². The van der Waals surface area contributed by atoms with Gasteiger partial charge < -0.3 is 5.11 Å². The zero-order chi connectivity index (χ0) is 12.1. The van der Waals surface area contributed by atoms with Crippen LogP contribution in [0, 0.1) is 0 Å². The fraction of sp³-hybridized carbons (Fsp3) is 0.273. The average Bonchev–Trinajstić information content (AvgIpc) is 2.20. The molecule has 1 heterocycles. The van der Waals surface area contributed by atoms with E-state index in [2.05, 4.69) is 0 Å². The topological polar surface area (TPSA) is 77.8 Å². The number of hydrogen-bond acceptors (Lipinski definition) is 5. The molecule has 0 amide bonds. The van der Waals surface area contributed by atoms with E-state index in [0.717, 1.165) is 12.0 Å². The smallest absolute Gasteiger partial charge is 0.204 e. The third kappa shape index (κ3) is 1.33. The largest absolute Gasteiger partial charge is 0.374 e. The molecule has 1 aliphatic carbocycles. The Morgan fingerprint density at radius 3 is 2.56 bits per heavy atom. The summed E-state index contributed by atoms with van der Waals surface area (Å²) in [6, 6.07) is 0. The molecule has 0 saturated carbocycles.